The van der Waals surface area contributed by atoms with Gasteiger partial charge in [0, 0.05) is 26.2 Å². The normalized spacial score (nSPS) is 17.3. The van der Waals surface area contributed by atoms with Gasteiger partial charge < -0.3 is 19.3 Å². The van der Waals surface area contributed by atoms with Crippen molar-refractivity contribution < 1.29 is 35.9 Å². The average Bonchev–Trinajstić information content (AvgIpc) is 3.03. The molecule has 12 nitrogen and oxygen atoms in total. The lowest BCUT2D eigenvalue weighted by atomic mass is 10.0. The van der Waals surface area contributed by atoms with Crippen LogP contribution in [0.4, 0.5) is 0 Å². The predicted octanol–water partition coefficient (Wildman–Crippen LogP) is 2.31. The number of hydrogen-bond acceptors (Lipinski definition) is 8. The molecule has 0 radical (unpaired) electrons. The van der Waals surface area contributed by atoms with Gasteiger partial charge in [0.15, 0.2) is 0 Å². The molecule has 14 heteroatoms. The van der Waals surface area contributed by atoms with Crippen molar-refractivity contribution in [2.45, 2.75) is 63.4 Å². The van der Waals surface area contributed by atoms with E-state index in [0.717, 1.165) is 11.1 Å². The van der Waals surface area contributed by atoms with Gasteiger partial charge in [0.1, 0.15) is 12.1 Å². The number of carbonyl (C=O) groups is 2. The van der Waals surface area contributed by atoms with Crippen molar-refractivity contribution in [2.24, 2.45) is 11.8 Å². The molecule has 0 saturated carbocycles. The molecule has 2 aliphatic heterocycles. The Hall–Kier alpha value is -2.88. The smallest absolute Gasteiger partial charge is 0.241 e. The third-order valence-corrected chi connectivity index (χ3v) is 10.7. The van der Waals surface area contributed by atoms with Crippen LogP contribution in [0.3, 0.4) is 0 Å². The van der Waals surface area contributed by atoms with Crippen LogP contribution in [0.25, 0.3) is 0 Å². The van der Waals surface area contributed by atoms with Gasteiger partial charge in [-0.15, -0.1) is 0 Å². The van der Waals surface area contributed by atoms with Gasteiger partial charge in [-0.2, -0.15) is 9.44 Å². The molecule has 2 amide bonds. The number of nitrogens with one attached hydrogen (secondary N) is 2. The predicted molar refractivity (Wildman–Crippen MR) is 175 cm³/mol. The first-order chi connectivity index (χ1) is 21.6. The number of aryl methyl sites for hydroxylation is 2. The average molecular weight is 681 g/mol. The first kappa shape index (κ1) is 37.6. The minimum Gasteiger partial charge on any atom is -0.378 e. The molecule has 0 bridgehead atoms. The molecule has 0 unspecified atom stereocenters. The second-order valence-corrected chi connectivity index (χ2v) is 15.6. The zero-order valence-electron chi connectivity index (χ0n) is 27.6. The van der Waals surface area contributed by atoms with E-state index in [9.17, 15) is 26.4 Å². The highest BCUT2D eigenvalue weighted by Gasteiger charge is 2.33. The van der Waals surface area contributed by atoms with Crippen LogP contribution in [-0.4, -0.2) is 103 Å². The summed E-state index contributed by atoms with van der Waals surface area (Å²) in [7, 11) is -7.47. The van der Waals surface area contributed by atoms with Crippen molar-refractivity contribution in [3.8, 4) is 0 Å². The largest absolute Gasteiger partial charge is 0.378 e. The zero-order chi connectivity index (χ0) is 34.1. The van der Waals surface area contributed by atoms with Crippen molar-refractivity contribution in [3.05, 3.63) is 59.7 Å². The van der Waals surface area contributed by atoms with Gasteiger partial charge in [0.25, 0.3) is 0 Å². The van der Waals surface area contributed by atoms with Crippen LogP contribution in [0.15, 0.2) is 58.3 Å². The fourth-order valence-electron chi connectivity index (χ4n) is 4.81. The maximum Gasteiger partial charge on any atom is 0.241 e. The van der Waals surface area contributed by atoms with Gasteiger partial charge in [0.2, 0.25) is 31.9 Å². The molecule has 0 aliphatic carbocycles. The number of amides is 2. The van der Waals surface area contributed by atoms with Crippen molar-refractivity contribution in [1.82, 2.24) is 19.2 Å². The van der Waals surface area contributed by atoms with Gasteiger partial charge in [0.05, 0.1) is 36.2 Å². The highest BCUT2D eigenvalue weighted by Crippen LogP contribution is 2.17. The van der Waals surface area contributed by atoms with E-state index in [4.69, 9.17) is 9.47 Å². The molecule has 2 N–H and O–H groups in total. The third-order valence-electron chi connectivity index (χ3n) is 7.74. The fourth-order valence-corrected chi connectivity index (χ4v) is 7.48. The Morgan fingerprint density at radius 3 is 1.13 bits per heavy atom. The summed E-state index contributed by atoms with van der Waals surface area (Å²) in [6.07, 6.45) is 0. The van der Waals surface area contributed by atoms with Crippen molar-refractivity contribution in [2.75, 3.05) is 52.6 Å². The van der Waals surface area contributed by atoms with E-state index < -0.39 is 32.1 Å². The maximum atomic E-state index is 12.6. The monoisotopic (exact) mass is 680 g/mol. The highest BCUT2D eigenvalue weighted by atomic mass is 32.2. The fraction of sp³-hybridized carbons (Fsp3) is 0.562. The highest BCUT2D eigenvalue weighted by molar-refractivity contribution is 7.89. The van der Waals surface area contributed by atoms with Crippen LogP contribution >= 0.6 is 0 Å². The second-order valence-electron chi connectivity index (χ2n) is 12.2. The summed E-state index contributed by atoms with van der Waals surface area (Å²) in [6, 6.07) is 11.6. The summed E-state index contributed by atoms with van der Waals surface area (Å²) in [5.41, 5.74) is 1.96. The van der Waals surface area contributed by atoms with Crippen LogP contribution in [0.5, 0.6) is 0 Å². The summed E-state index contributed by atoms with van der Waals surface area (Å²) in [5, 5.41) is 0. The van der Waals surface area contributed by atoms with Crippen molar-refractivity contribution in [3.63, 3.8) is 0 Å². The SMILES string of the molecule is Cc1ccc(S(=O)(=O)N[C@H](C(=O)N2CCOCC2)C(C)C)cc1.Cc1ccc(S(=O)(=O)N[C@H](C(=O)N2CCOCC2)C(C)C)cc1. The van der Waals surface area contributed by atoms with Crippen molar-refractivity contribution in [1.29, 1.82) is 0 Å². The van der Waals surface area contributed by atoms with E-state index in [-0.39, 0.29) is 33.4 Å². The summed E-state index contributed by atoms with van der Waals surface area (Å²) in [4.78, 5) is 28.9. The number of rotatable bonds is 10. The standard InChI is InChI=1S/2C16H24N2O4S/c2*1-12(2)15(16(19)18-8-10-22-11-9-18)17-23(20,21)14-6-4-13(3)5-7-14/h2*4-7,12,15,17H,8-11H2,1-3H3/t2*15-/m00/s1. The van der Waals surface area contributed by atoms with Gasteiger partial charge in [-0.05, 0) is 49.9 Å². The molecule has 256 valence electrons. The van der Waals surface area contributed by atoms with Gasteiger partial charge in [-0.3, -0.25) is 9.59 Å². The molecule has 2 aliphatic rings. The number of carbonyl (C=O) groups excluding carboxylic acids is 2. The molecule has 2 aromatic rings. The Balaban J connectivity index is 0.000000250. The molecule has 0 aromatic heterocycles. The molecule has 2 atom stereocenters. The van der Waals surface area contributed by atoms with Crippen LogP contribution in [0.1, 0.15) is 38.8 Å². The maximum absolute atomic E-state index is 12.6. The lowest BCUT2D eigenvalue weighted by Crippen LogP contribution is -2.53. The number of ether oxygens (including phenoxy) is 2. The lowest BCUT2D eigenvalue weighted by molar-refractivity contribution is -0.138. The van der Waals surface area contributed by atoms with Gasteiger partial charge in [-0.1, -0.05) is 63.1 Å². The van der Waals surface area contributed by atoms with Gasteiger partial charge in [-0.25, -0.2) is 16.8 Å². The molecular formula is C32H48N4O8S2. The summed E-state index contributed by atoms with van der Waals surface area (Å²) in [5.74, 6) is -0.686. The van der Waals surface area contributed by atoms with E-state index in [0.29, 0.717) is 52.6 Å². The molecular weight excluding hydrogens is 633 g/mol. The molecule has 46 heavy (non-hydrogen) atoms. The number of hydrogen-bond donors (Lipinski definition) is 2. The lowest BCUT2D eigenvalue weighted by Gasteiger charge is -2.32. The topological polar surface area (TPSA) is 151 Å². The molecule has 2 saturated heterocycles. The Morgan fingerprint density at radius 2 is 0.870 bits per heavy atom. The van der Waals surface area contributed by atoms with Crippen LogP contribution in [0, 0.1) is 25.7 Å². The minimum atomic E-state index is -3.73. The van der Waals surface area contributed by atoms with Gasteiger partial charge >= 0.3 is 0 Å². The Bertz CT molecular complexity index is 1380. The first-order valence-corrected chi connectivity index (χ1v) is 18.5. The Kier molecular flexibility index (Phi) is 13.7. The quantitative estimate of drug-likeness (QED) is 0.388. The summed E-state index contributed by atoms with van der Waals surface area (Å²) >= 11 is 0. The van der Waals surface area contributed by atoms with E-state index in [2.05, 4.69) is 9.44 Å². The Morgan fingerprint density at radius 1 is 0.587 bits per heavy atom. The van der Waals surface area contributed by atoms with Crippen LogP contribution < -0.4 is 9.44 Å². The minimum absolute atomic E-state index is 0.148. The zero-order valence-corrected chi connectivity index (χ0v) is 29.2. The van der Waals surface area contributed by atoms with Crippen LogP contribution in [0.2, 0.25) is 0 Å². The third kappa shape index (κ3) is 10.6. The molecule has 2 fully saturated rings. The number of benzene rings is 2. The van der Waals surface area contributed by atoms with E-state index >= 15 is 0 Å². The number of nitrogens with zero attached hydrogens (tertiary/aromatic N) is 2. The molecule has 2 aromatic carbocycles. The van der Waals surface area contributed by atoms with Crippen LogP contribution in [-0.2, 0) is 39.1 Å². The Labute approximate surface area is 273 Å². The first-order valence-electron chi connectivity index (χ1n) is 15.5. The second kappa shape index (κ2) is 16.8. The summed E-state index contributed by atoms with van der Waals surface area (Å²) in [6.45, 7) is 15.0. The number of morpholine rings is 2. The molecule has 4 rings (SSSR count). The van der Waals surface area contributed by atoms with E-state index in [1.165, 1.54) is 0 Å². The van der Waals surface area contributed by atoms with E-state index in [1.807, 2.05) is 41.5 Å². The number of sulfonamides is 2. The summed E-state index contributed by atoms with van der Waals surface area (Å²) < 4.78 is 65.8. The van der Waals surface area contributed by atoms with E-state index in [1.54, 1.807) is 58.3 Å². The molecule has 2 heterocycles. The molecule has 0 spiro atoms. The van der Waals surface area contributed by atoms with Crippen molar-refractivity contribution >= 4 is 31.9 Å².